The van der Waals surface area contributed by atoms with E-state index in [1.165, 1.54) is 22.5 Å². The molecule has 0 saturated heterocycles. The maximum absolute atomic E-state index is 4.10. The van der Waals surface area contributed by atoms with E-state index in [9.17, 15) is 0 Å². The van der Waals surface area contributed by atoms with Crippen LogP contribution in [0.3, 0.4) is 0 Å². The summed E-state index contributed by atoms with van der Waals surface area (Å²) in [6.45, 7) is 0. The van der Waals surface area contributed by atoms with Gasteiger partial charge >= 0.3 is 0 Å². The molecular formula is C10H10N4. The fourth-order valence-corrected chi connectivity index (χ4v) is 2.97. The molecule has 4 heteroatoms. The van der Waals surface area contributed by atoms with Crippen LogP contribution in [-0.2, 0) is 12.8 Å². The summed E-state index contributed by atoms with van der Waals surface area (Å²) in [7, 11) is 0. The molecule has 0 amide bonds. The van der Waals surface area contributed by atoms with E-state index in [4.69, 9.17) is 0 Å². The molecule has 0 unspecified atom stereocenters. The number of fused-ring (bicyclic) bond motifs is 5. The summed E-state index contributed by atoms with van der Waals surface area (Å²) >= 11 is 0. The van der Waals surface area contributed by atoms with Crippen LogP contribution in [0.15, 0.2) is 12.4 Å². The first-order valence-electron chi connectivity index (χ1n) is 4.98. The number of hydrogen-bond acceptors (Lipinski definition) is 2. The number of aromatic amines is 2. The van der Waals surface area contributed by atoms with Crippen molar-refractivity contribution < 1.29 is 0 Å². The van der Waals surface area contributed by atoms with Gasteiger partial charge < -0.3 is 0 Å². The second-order valence-corrected chi connectivity index (χ2v) is 4.24. The first-order chi connectivity index (χ1) is 6.93. The maximum atomic E-state index is 4.10. The van der Waals surface area contributed by atoms with E-state index in [1.807, 2.05) is 12.4 Å². The van der Waals surface area contributed by atoms with Gasteiger partial charge in [0.25, 0.3) is 0 Å². The third-order valence-electron chi connectivity index (χ3n) is 3.61. The third kappa shape index (κ3) is 0.626. The molecule has 0 spiro atoms. The fraction of sp³-hybridized carbons (Fsp3) is 0.400. The number of aromatic nitrogens is 4. The molecule has 0 saturated carbocycles. The van der Waals surface area contributed by atoms with Crippen LogP contribution in [0.4, 0.5) is 0 Å². The summed E-state index contributed by atoms with van der Waals surface area (Å²) in [6, 6.07) is 0. The van der Waals surface area contributed by atoms with E-state index in [0.29, 0.717) is 11.8 Å². The molecule has 2 aliphatic rings. The molecule has 0 aliphatic heterocycles. The Bertz CT molecular complexity index is 449. The van der Waals surface area contributed by atoms with Gasteiger partial charge in [-0.2, -0.15) is 10.2 Å². The zero-order chi connectivity index (χ0) is 9.12. The largest absolute Gasteiger partial charge is 0.282 e. The second-order valence-electron chi connectivity index (χ2n) is 4.24. The first kappa shape index (κ1) is 6.81. The number of nitrogens with one attached hydrogen (secondary N) is 2. The van der Waals surface area contributed by atoms with Crippen LogP contribution in [0.2, 0.25) is 0 Å². The van der Waals surface area contributed by atoms with E-state index >= 15 is 0 Å². The van der Waals surface area contributed by atoms with Crippen molar-refractivity contribution in [1.29, 1.82) is 0 Å². The lowest BCUT2D eigenvalue weighted by atomic mass is 9.98. The first-order valence-corrected chi connectivity index (χ1v) is 4.98. The topological polar surface area (TPSA) is 57.4 Å². The summed E-state index contributed by atoms with van der Waals surface area (Å²) in [5.74, 6) is 1.24. The van der Waals surface area contributed by atoms with Gasteiger partial charge in [0.15, 0.2) is 0 Å². The third-order valence-corrected chi connectivity index (χ3v) is 3.61. The second kappa shape index (κ2) is 2.08. The molecule has 70 valence electrons. The SMILES string of the molecule is c1n[nH]c2c1C[C@H]1c3[nH]ncc3C[C@@H]21. The van der Waals surface area contributed by atoms with Crippen LogP contribution in [0, 0.1) is 0 Å². The molecular weight excluding hydrogens is 176 g/mol. The molecule has 2 N–H and O–H groups in total. The van der Waals surface area contributed by atoms with Crippen LogP contribution in [0.25, 0.3) is 0 Å². The minimum Gasteiger partial charge on any atom is -0.282 e. The monoisotopic (exact) mass is 186 g/mol. The molecule has 4 rings (SSSR count). The number of H-pyrrole nitrogens is 2. The van der Waals surface area contributed by atoms with E-state index in [0.717, 1.165) is 12.8 Å². The van der Waals surface area contributed by atoms with Gasteiger partial charge in [-0.3, -0.25) is 10.2 Å². The van der Waals surface area contributed by atoms with Gasteiger partial charge in [0.2, 0.25) is 0 Å². The lowest BCUT2D eigenvalue weighted by molar-refractivity contribution is 0.597. The smallest absolute Gasteiger partial charge is 0.0522 e. The molecule has 0 fully saturated rings. The molecule has 0 aromatic carbocycles. The van der Waals surface area contributed by atoms with E-state index in [2.05, 4.69) is 20.4 Å². The highest BCUT2D eigenvalue weighted by molar-refractivity contribution is 5.43. The molecule has 2 aromatic rings. The van der Waals surface area contributed by atoms with Crippen LogP contribution in [0.5, 0.6) is 0 Å². The quantitative estimate of drug-likeness (QED) is 0.647. The van der Waals surface area contributed by atoms with Crippen molar-refractivity contribution in [2.45, 2.75) is 24.7 Å². The Morgan fingerprint density at radius 1 is 0.929 bits per heavy atom. The van der Waals surface area contributed by atoms with Crippen molar-refractivity contribution in [2.75, 3.05) is 0 Å². The fourth-order valence-electron chi connectivity index (χ4n) is 2.97. The Morgan fingerprint density at radius 3 is 1.93 bits per heavy atom. The Morgan fingerprint density at radius 2 is 1.43 bits per heavy atom. The van der Waals surface area contributed by atoms with E-state index in [1.54, 1.807) is 0 Å². The van der Waals surface area contributed by atoms with Crippen LogP contribution < -0.4 is 0 Å². The summed E-state index contributed by atoms with van der Waals surface area (Å²) in [4.78, 5) is 0. The van der Waals surface area contributed by atoms with Crippen molar-refractivity contribution in [2.24, 2.45) is 0 Å². The standard InChI is InChI=1S/C10H10N4/c1-5-3-11-13-9(5)8-2-6-4-12-14-10(6)7(1)8/h3-4,7-8H,1-2H2,(H,11,13)(H,12,14)/t7-,8-/m1/s1. The zero-order valence-electron chi connectivity index (χ0n) is 7.62. The molecule has 0 radical (unpaired) electrons. The van der Waals surface area contributed by atoms with E-state index in [-0.39, 0.29) is 0 Å². The van der Waals surface area contributed by atoms with Gasteiger partial charge in [0, 0.05) is 23.2 Å². The minimum atomic E-state index is 0.622. The highest BCUT2D eigenvalue weighted by atomic mass is 15.1. The van der Waals surface area contributed by atoms with Crippen molar-refractivity contribution >= 4 is 0 Å². The van der Waals surface area contributed by atoms with Gasteiger partial charge in [0.1, 0.15) is 0 Å². The van der Waals surface area contributed by atoms with Gasteiger partial charge in [-0.25, -0.2) is 0 Å². The molecule has 2 aromatic heterocycles. The Labute approximate surface area is 80.7 Å². The summed E-state index contributed by atoms with van der Waals surface area (Å²) in [5.41, 5.74) is 5.47. The summed E-state index contributed by atoms with van der Waals surface area (Å²) in [6.07, 6.45) is 6.16. The maximum Gasteiger partial charge on any atom is 0.0522 e. The normalized spacial score (nSPS) is 27.4. The molecule has 0 bridgehead atoms. The lowest BCUT2D eigenvalue weighted by Gasteiger charge is -2.08. The van der Waals surface area contributed by atoms with Crippen molar-refractivity contribution in [3.63, 3.8) is 0 Å². The van der Waals surface area contributed by atoms with Gasteiger partial charge in [-0.1, -0.05) is 0 Å². The lowest BCUT2D eigenvalue weighted by Crippen LogP contribution is -2.02. The molecule has 2 heterocycles. The number of nitrogens with zero attached hydrogens (tertiary/aromatic N) is 2. The molecule has 2 atom stereocenters. The van der Waals surface area contributed by atoms with Gasteiger partial charge in [0.05, 0.1) is 12.4 Å². The Balaban J connectivity index is 1.88. The van der Waals surface area contributed by atoms with Crippen LogP contribution in [-0.4, -0.2) is 20.4 Å². The van der Waals surface area contributed by atoms with Gasteiger partial charge in [-0.05, 0) is 24.0 Å². The molecule has 4 nitrogen and oxygen atoms in total. The highest BCUT2D eigenvalue weighted by Crippen LogP contribution is 2.49. The highest BCUT2D eigenvalue weighted by Gasteiger charge is 2.42. The predicted molar refractivity (Wildman–Crippen MR) is 50.1 cm³/mol. The molecule has 2 aliphatic carbocycles. The number of hydrogen-bond donors (Lipinski definition) is 2. The minimum absolute atomic E-state index is 0.622. The van der Waals surface area contributed by atoms with Gasteiger partial charge in [-0.15, -0.1) is 0 Å². The van der Waals surface area contributed by atoms with Crippen molar-refractivity contribution in [3.05, 3.63) is 34.9 Å². The summed E-state index contributed by atoms with van der Waals surface area (Å²) in [5, 5.41) is 14.5. The summed E-state index contributed by atoms with van der Waals surface area (Å²) < 4.78 is 0. The van der Waals surface area contributed by atoms with Crippen molar-refractivity contribution in [3.8, 4) is 0 Å². The number of rotatable bonds is 0. The Hall–Kier alpha value is -1.58. The van der Waals surface area contributed by atoms with E-state index < -0.39 is 0 Å². The van der Waals surface area contributed by atoms with Crippen LogP contribution >= 0.6 is 0 Å². The molecule has 14 heavy (non-hydrogen) atoms. The average molecular weight is 186 g/mol. The van der Waals surface area contributed by atoms with Crippen LogP contribution in [0.1, 0.15) is 34.4 Å². The predicted octanol–water partition coefficient (Wildman–Crippen LogP) is 1.11. The zero-order valence-corrected chi connectivity index (χ0v) is 7.62. The Kier molecular flexibility index (Phi) is 1.01. The van der Waals surface area contributed by atoms with Crippen molar-refractivity contribution in [1.82, 2.24) is 20.4 Å². The average Bonchev–Trinajstić information content (AvgIpc) is 2.80.